The van der Waals surface area contributed by atoms with Gasteiger partial charge in [-0.15, -0.1) is 0 Å². The van der Waals surface area contributed by atoms with Crippen LogP contribution in [0.1, 0.15) is 30.0 Å². The Balaban J connectivity index is 1.28. The van der Waals surface area contributed by atoms with Crippen molar-refractivity contribution >= 4 is 29.5 Å². The maximum Gasteiger partial charge on any atom is 0.167 e. The average molecular weight is 562 g/mol. The van der Waals surface area contributed by atoms with Gasteiger partial charge >= 0.3 is 0 Å². The van der Waals surface area contributed by atoms with Gasteiger partial charge in [-0.2, -0.15) is 0 Å². The lowest BCUT2D eigenvalue weighted by Crippen LogP contribution is -2.33. The van der Waals surface area contributed by atoms with Crippen molar-refractivity contribution in [1.82, 2.24) is 0 Å². The summed E-state index contributed by atoms with van der Waals surface area (Å²) >= 11 is 0. The van der Waals surface area contributed by atoms with Crippen molar-refractivity contribution in [1.29, 1.82) is 0 Å². The van der Waals surface area contributed by atoms with Crippen LogP contribution in [0.15, 0.2) is 167 Å². The van der Waals surface area contributed by atoms with Crippen LogP contribution in [0, 0.1) is 17.8 Å². The Morgan fingerprint density at radius 3 is 2.12 bits per heavy atom. The van der Waals surface area contributed by atoms with E-state index in [1.165, 1.54) is 33.6 Å². The third kappa shape index (κ3) is 4.01. The van der Waals surface area contributed by atoms with Gasteiger partial charge < -0.3 is 4.57 Å². The average Bonchev–Trinajstić information content (AvgIpc) is 3.07. The molecule has 1 heterocycles. The van der Waals surface area contributed by atoms with E-state index < -0.39 is 7.14 Å². The molecule has 4 unspecified atom stereocenters. The molecule has 0 N–H and O–H groups in total. The molecule has 8 rings (SSSR count). The first-order valence-corrected chi connectivity index (χ1v) is 16.7. The van der Waals surface area contributed by atoms with Crippen molar-refractivity contribution in [2.24, 2.45) is 22.7 Å². The lowest BCUT2D eigenvalue weighted by Gasteiger charge is -2.40. The molecular formula is C39H32NOP. The second-order valence-electron chi connectivity index (χ2n) is 11.7. The predicted molar refractivity (Wildman–Crippen MR) is 176 cm³/mol. The van der Waals surface area contributed by atoms with Gasteiger partial charge in [0, 0.05) is 33.9 Å². The highest BCUT2D eigenvalue weighted by Crippen LogP contribution is 2.56. The van der Waals surface area contributed by atoms with Crippen LogP contribution in [0.5, 0.6) is 0 Å². The summed E-state index contributed by atoms with van der Waals surface area (Å²) in [6.07, 6.45) is 24.3. The molecule has 0 saturated heterocycles. The third-order valence-corrected chi connectivity index (χ3v) is 12.6. The Morgan fingerprint density at radius 2 is 1.38 bits per heavy atom. The van der Waals surface area contributed by atoms with Crippen molar-refractivity contribution in [2.45, 2.75) is 18.9 Å². The molecule has 1 aliphatic heterocycles. The molecule has 0 amide bonds. The molecule has 204 valence electrons. The van der Waals surface area contributed by atoms with Crippen molar-refractivity contribution < 1.29 is 4.57 Å². The molecule has 0 saturated carbocycles. The van der Waals surface area contributed by atoms with Gasteiger partial charge in [-0.1, -0.05) is 146 Å². The van der Waals surface area contributed by atoms with Gasteiger partial charge in [0.2, 0.25) is 0 Å². The predicted octanol–water partition coefficient (Wildman–Crippen LogP) is 8.67. The number of nitrogens with zero attached hydrogens (tertiary/aromatic N) is 1. The zero-order valence-electron chi connectivity index (χ0n) is 23.4. The maximum absolute atomic E-state index is 15.0. The highest BCUT2D eigenvalue weighted by atomic mass is 31.2. The Hall–Kier alpha value is -4.26. The monoisotopic (exact) mass is 561 g/mol. The smallest absolute Gasteiger partial charge is 0.167 e. The molecule has 4 atom stereocenters. The van der Waals surface area contributed by atoms with E-state index in [9.17, 15) is 0 Å². The molecule has 0 radical (unpaired) electrons. The first-order chi connectivity index (χ1) is 20.7. The molecule has 3 aromatic carbocycles. The molecular weight excluding hydrogens is 529 g/mol. The van der Waals surface area contributed by atoms with Crippen LogP contribution in [-0.4, -0.2) is 5.71 Å². The Morgan fingerprint density at radius 1 is 0.667 bits per heavy atom. The highest BCUT2D eigenvalue weighted by Gasteiger charge is 2.41. The first kappa shape index (κ1) is 25.5. The molecule has 2 nitrogen and oxygen atoms in total. The maximum atomic E-state index is 15.0. The fourth-order valence-corrected chi connectivity index (χ4v) is 10.2. The summed E-state index contributed by atoms with van der Waals surface area (Å²) in [7, 11) is -2.96. The van der Waals surface area contributed by atoms with E-state index in [1.54, 1.807) is 0 Å². The number of hydrogen-bond donors (Lipinski definition) is 0. The number of fused-ring (bicyclic) bond motifs is 6. The van der Waals surface area contributed by atoms with E-state index in [0.717, 1.165) is 28.8 Å². The minimum atomic E-state index is -2.96. The van der Waals surface area contributed by atoms with E-state index in [-0.39, 0.29) is 17.9 Å². The SMILES string of the molecule is O=P(C1=CC=C(C2=C3C=CC4C=CC=CC4C3=NC3c4ccccc4C=CC23)CC1)(c1ccccc1)c1ccccc1. The van der Waals surface area contributed by atoms with Crippen LogP contribution in [0.25, 0.3) is 6.08 Å². The van der Waals surface area contributed by atoms with Crippen molar-refractivity contribution in [3.63, 3.8) is 0 Å². The van der Waals surface area contributed by atoms with Gasteiger partial charge in [0.15, 0.2) is 7.14 Å². The number of hydrogen-bond acceptors (Lipinski definition) is 2. The van der Waals surface area contributed by atoms with Crippen LogP contribution in [0.3, 0.4) is 0 Å². The van der Waals surface area contributed by atoms with Crippen LogP contribution in [-0.2, 0) is 4.57 Å². The second kappa shape index (κ2) is 10.2. The van der Waals surface area contributed by atoms with E-state index >= 15 is 4.57 Å². The molecule has 4 aliphatic carbocycles. The summed E-state index contributed by atoms with van der Waals surface area (Å²) < 4.78 is 15.0. The van der Waals surface area contributed by atoms with E-state index in [2.05, 4.69) is 85.0 Å². The molecule has 42 heavy (non-hydrogen) atoms. The summed E-state index contributed by atoms with van der Waals surface area (Å²) in [6.45, 7) is 0. The molecule has 0 fully saturated rings. The Labute approximate surface area is 248 Å². The third-order valence-electron chi connectivity index (χ3n) is 9.41. The lowest BCUT2D eigenvalue weighted by atomic mass is 9.68. The number of allylic oxidation sites excluding steroid dienone is 11. The van der Waals surface area contributed by atoms with E-state index in [0.29, 0.717) is 5.92 Å². The lowest BCUT2D eigenvalue weighted by molar-refractivity contribution is 0.559. The van der Waals surface area contributed by atoms with Gasteiger partial charge in [0.05, 0.1) is 11.8 Å². The zero-order chi connectivity index (χ0) is 28.1. The molecule has 0 aromatic heterocycles. The fraction of sp³-hybridized carbons (Fsp3) is 0.154. The van der Waals surface area contributed by atoms with Crippen molar-refractivity contribution in [3.05, 3.63) is 173 Å². The van der Waals surface area contributed by atoms with Gasteiger partial charge in [0.1, 0.15) is 0 Å². The van der Waals surface area contributed by atoms with Crippen LogP contribution < -0.4 is 10.6 Å². The fourth-order valence-electron chi connectivity index (χ4n) is 7.37. The van der Waals surface area contributed by atoms with Crippen molar-refractivity contribution in [3.8, 4) is 0 Å². The van der Waals surface area contributed by atoms with E-state index in [1.807, 2.05) is 60.7 Å². The summed E-state index contributed by atoms with van der Waals surface area (Å²) in [6, 6.07) is 28.8. The van der Waals surface area contributed by atoms with E-state index in [4.69, 9.17) is 4.99 Å². The molecule has 3 aromatic rings. The molecule has 3 heteroatoms. The summed E-state index contributed by atoms with van der Waals surface area (Å²) in [4.78, 5) is 5.51. The number of aliphatic imine (C=N–C) groups is 1. The van der Waals surface area contributed by atoms with Crippen LogP contribution in [0.2, 0.25) is 0 Å². The molecule has 0 bridgehead atoms. The Kier molecular flexibility index (Phi) is 6.20. The topological polar surface area (TPSA) is 29.4 Å². The van der Waals surface area contributed by atoms with Crippen molar-refractivity contribution in [2.75, 3.05) is 0 Å². The summed E-state index contributed by atoms with van der Waals surface area (Å²) in [5.74, 6) is 0.786. The largest absolute Gasteiger partial charge is 0.309 e. The summed E-state index contributed by atoms with van der Waals surface area (Å²) in [5, 5.41) is 2.83. The number of dihydropyridines is 1. The number of rotatable bonds is 4. The molecule has 0 spiro atoms. The second-order valence-corrected chi connectivity index (χ2v) is 14.5. The highest BCUT2D eigenvalue weighted by molar-refractivity contribution is 7.82. The minimum absolute atomic E-state index is 0.0671. The van der Waals surface area contributed by atoms with Gasteiger partial charge in [-0.3, -0.25) is 4.99 Å². The normalized spacial score (nSPS) is 25.5. The van der Waals surface area contributed by atoms with Crippen LogP contribution >= 0.6 is 7.14 Å². The van der Waals surface area contributed by atoms with Gasteiger partial charge in [0.25, 0.3) is 0 Å². The van der Waals surface area contributed by atoms with Gasteiger partial charge in [-0.25, -0.2) is 0 Å². The van der Waals surface area contributed by atoms with Crippen LogP contribution in [0.4, 0.5) is 0 Å². The Bertz CT molecular complexity index is 1820. The molecule has 5 aliphatic rings. The standard InChI is InChI=1S/C39H32NOP/c41-42(30-13-3-1-4-14-30,31-15-5-2-6-16-31)32-23-19-29(20-24-32)37-35-25-21-27-11-7-9-17-33(27)38(35)40-39-34-18-10-8-12-28(34)22-26-36(37)39/h1-19,21-23,25-27,33,36,39H,20,24H2. The minimum Gasteiger partial charge on any atom is -0.309 e. The quantitative estimate of drug-likeness (QED) is 0.293. The first-order valence-electron chi connectivity index (χ1n) is 15.0. The summed E-state index contributed by atoms with van der Waals surface area (Å²) in [5.41, 5.74) is 7.78. The number of benzene rings is 3. The van der Waals surface area contributed by atoms with Gasteiger partial charge in [-0.05, 0) is 40.4 Å². The zero-order valence-corrected chi connectivity index (χ0v) is 24.3.